The first-order valence-corrected chi connectivity index (χ1v) is 13.1. The number of carbonyl (C=O) groups is 1. The Kier molecular flexibility index (Phi) is 6.66. The van der Waals surface area contributed by atoms with E-state index in [9.17, 15) is 10.1 Å². The van der Waals surface area contributed by atoms with Gasteiger partial charge in [-0.3, -0.25) is 0 Å². The molecule has 0 saturated heterocycles. The highest BCUT2D eigenvalue weighted by Crippen LogP contribution is 2.44. The van der Waals surface area contributed by atoms with Crippen molar-refractivity contribution in [2.45, 2.75) is 26.4 Å². The number of esters is 1. The molecule has 0 bridgehead atoms. The van der Waals surface area contributed by atoms with Crippen LogP contribution in [0.15, 0.2) is 107 Å². The van der Waals surface area contributed by atoms with Crippen molar-refractivity contribution in [3.63, 3.8) is 0 Å². The fourth-order valence-electron chi connectivity index (χ4n) is 5.05. The van der Waals surface area contributed by atoms with Gasteiger partial charge in [0.1, 0.15) is 41.1 Å². The SMILES string of the molecule is Cc1ccc2oc(C(=O)Oc3ccc4c(c3)OC(N)=C(C#N)C4c3cccc(OCc4ccccc4)c3)c(C)c2c1. The van der Waals surface area contributed by atoms with Crippen molar-refractivity contribution in [3.8, 4) is 23.3 Å². The van der Waals surface area contributed by atoms with Crippen LogP contribution in [-0.2, 0) is 6.61 Å². The van der Waals surface area contributed by atoms with Crippen LogP contribution in [0.2, 0.25) is 0 Å². The van der Waals surface area contributed by atoms with E-state index in [1.54, 1.807) is 18.2 Å². The largest absolute Gasteiger partial charge is 0.489 e. The van der Waals surface area contributed by atoms with E-state index in [2.05, 4.69) is 6.07 Å². The Hall–Kier alpha value is -5.48. The Labute approximate surface area is 237 Å². The standard InChI is InChI=1S/C34H26N2O5/c1-20-11-14-29-27(15-20)21(2)32(40-29)34(37)39-25-12-13-26-30(17-25)41-33(36)28(18-35)31(26)23-9-6-10-24(16-23)38-19-22-7-4-3-5-8-22/h3-17,31H,19,36H2,1-2H3. The number of furan rings is 1. The molecule has 1 unspecified atom stereocenters. The molecule has 2 N–H and O–H groups in total. The molecule has 1 aromatic heterocycles. The van der Waals surface area contributed by atoms with Gasteiger partial charge in [0.25, 0.3) is 0 Å². The number of hydrogen-bond donors (Lipinski definition) is 1. The molecule has 1 aliphatic heterocycles. The molecule has 0 radical (unpaired) electrons. The number of nitrogens with zero attached hydrogens (tertiary/aromatic N) is 1. The third kappa shape index (κ3) is 4.99. The molecule has 0 spiro atoms. The fraction of sp³-hybridized carbons (Fsp3) is 0.118. The minimum Gasteiger partial charge on any atom is -0.489 e. The number of nitriles is 1. The summed E-state index contributed by atoms with van der Waals surface area (Å²) in [6, 6.07) is 30.4. The second kappa shape index (κ2) is 10.6. The Bertz CT molecular complexity index is 1860. The first-order valence-electron chi connectivity index (χ1n) is 13.1. The molecular weight excluding hydrogens is 516 g/mol. The normalized spacial score (nSPS) is 14.2. The number of carbonyl (C=O) groups excluding carboxylic acids is 1. The summed E-state index contributed by atoms with van der Waals surface area (Å²) in [6.45, 7) is 4.22. The Balaban J connectivity index is 1.28. The molecule has 0 amide bonds. The average molecular weight is 543 g/mol. The molecule has 2 heterocycles. The van der Waals surface area contributed by atoms with E-state index in [0.717, 1.165) is 22.1 Å². The zero-order valence-electron chi connectivity index (χ0n) is 22.5. The summed E-state index contributed by atoms with van der Waals surface area (Å²) < 4.78 is 23.3. The first kappa shape index (κ1) is 25.8. The number of ether oxygens (including phenoxy) is 3. The maximum atomic E-state index is 13.1. The predicted octanol–water partition coefficient (Wildman–Crippen LogP) is 7.07. The van der Waals surface area contributed by atoms with Crippen molar-refractivity contribution in [3.05, 3.63) is 136 Å². The highest BCUT2D eigenvalue weighted by atomic mass is 16.5. The van der Waals surface area contributed by atoms with Crippen LogP contribution in [0.3, 0.4) is 0 Å². The van der Waals surface area contributed by atoms with Gasteiger partial charge in [0, 0.05) is 22.6 Å². The number of fused-ring (bicyclic) bond motifs is 2. The summed E-state index contributed by atoms with van der Waals surface area (Å²) in [5.74, 6) is 0.342. The molecule has 4 aromatic carbocycles. The lowest BCUT2D eigenvalue weighted by atomic mass is 9.83. The van der Waals surface area contributed by atoms with Crippen LogP contribution in [0.4, 0.5) is 0 Å². The van der Waals surface area contributed by atoms with Crippen LogP contribution >= 0.6 is 0 Å². The van der Waals surface area contributed by atoms with E-state index in [-0.39, 0.29) is 23.0 Å². The van der Waals surface area contributed by atoms with E-state index < -0.39 is 11.9 Å². The molecule has 0 aliphatic carbocycles. The second-order valence-electron chi connectivity index (χ2n) is 9.92. The van der Waals surface area contributed by atoms with Gasteiger partial charge in [0.2, 0.25) is 11.6 Å². The third-order valence-corrected chi connectivity index (χ3v) is 7.12. The Morgan fingerprint density at radius 2 is 1.78 bits per heavy atom. The molecule has 202 valence electrons. The number of rotatable bonds is 6. The number of nitrogens with two attached hydrogens (primary N) is 1. The first-order chi connectivity index (χ1) is 19.9. The molecule has 0 fully saturated rings. The molecule has 6 rings (SSSR count). The van der Waals surface area contributed by atoms with Crippen LogP contribution < -0.4 is 19.9 Å². The van der Waals surface area contributed by atoms with Crippen LogP contribution in [-0.4, -0.2) is 5.97 Å². The molecule has 7 heteroatoms. The zero-order valence-corrected chi connectivity index (χ0v) is 22.5. The van der Waals surface area contributed by atoms with Crippen LogP contribution in [0.1, 0.15) is 44.3 Å². The van der Waals surface area contributed by atoms with E-state index in [0.29, 0.717) is 34.8 Å². The third-order valence-electron chi connectivity index (χ3n) is 7.12. The van der Waals surface area contributed by atoms with Crippen molar-refractivity contribution < 1.29 is 23.4 Å². The average Bonchev–Trinajstić information content (AvgIpc) is 3.31. The van der Waals surface area contributed by atoms with Crippen molar-refractivity contribution in [2.24, 2.45) is 5.73 Å². The van der Waals surface area contributed by atoms with Crippen molar-refractivity contribution in [2.75, 3.05) is 0 Å². The van der Waals surface area contributed by atoms with E-state index >= 15 is 0 Å². The smallest absolute Gasteiger partial charge is 0.379 e. The molecule has 0 saturated carbocycles. The van der Waals surface area contributed by atoms with Crippen LogP contribution in [0.5, 0.6) is 17.2 Å². The Morgan fingerprint density at radius 1 is 0.951 bits per heavy atom. The Morgan fingerprint density at radius 3 is 2.59 bits per heavy atom. The monoisotopic (exact) mass is 542 g/mol. The highest BCUT2D eigenvalue weighted by Gasteiger charge is 2.31. The van der Waals surface area contributed by atoms with Gasteiger partial charge in [0.15, 0.2) is 0 Å². The van der Waals surface area contributed by atoms with E-state index in [1.807, 2.05) is 86.6 Å². The molecule has 5 aromatic rings. The van der Waals surface area contributed by atoms with Gasteiger partial charge in [-0.25, -0.2) is 4.79 Å². The molecule has 41 heavy (non-hydrogen) atoms. The lowest BCUT2D eigenvalue weighted by Gasteiger charge is -2.27. The lowest BCUT2D eigenvalue weighted by molar-refractivity contribution is 0.0702. The topological polar surface area (TPSA) is 108 Å². The molecule has 1 aliphatic rings. The van der Waals surface area contributed by atoms with Gasteiger partial charge >= 0.3 is 5.97 Å². The maximum absolute atomic E-state index is 13.1. The maximum Gasteiger partial charge on any atom is 0.379 e. The van der Waals surface area contributed by atoms with Gasteiger partial charge in [-0.2, -0.15) is 5.26 Å². The molecule has 7 nitrogen and oxygen atoms in total. The summed E-state index contributed by atoms with van der Waals surface area (Å²) in [4.78, 5) is 13.1. The minimum absolute atomic E-state index is 0.00687. The van der Waals surface area contributed by atoms with E-state index in [4.69, 9.17) is 24.4 Å². The fourth-order valence-corrected chi connectivity index (χ4v) is 5.05. The van der Waals surface area contributed by atoms with Gasteiger partial charge in [-0.15, -0.1) is 0 Å². The highest BCUT2D eigenvalue weighted by molar-refractivity contribution is 5.97. The summed E-state index contributed by atoms with van der Waals surface area (Å²) in [5.41, 5.74) is 11.5. The summed E-state index contributed by atoms with van der Waals surface area (Å²) >= 11 is 0. The number of benzene rings is 4. The number of hydrogen-bond acceptors (Lipinski definition) is 7. The van der Waals surface area contributed by atoms with Gasteiger partial charge in [-0.05, 0) is 55.3 Å². The van der Waals surface area contributed by atoms with Crippen molar-refractivity contribution in [1.82, 2.24) is 0 Å². The molecule has 1 atom stereocenters. The lowest BCUT2D eigenvalue weighted by Crippen LogP contribution is -2.21. The molecular formula is C34H26N2O5. The van der Waals surface area contributed by atoms with Crippen molar-refractivity contribution in [1.29, 1.82) is 5.26 Å². The van der Waals surface area contributed by atoms with Crippen LogP contribution in [0.25, 0.3) is 11.0 Å². The van der Waals surface area contributed by atoms with Gasteiger partial charge in [0.05, 0.1) is 5.92 Å². The number of aryl methyl sites for hydroxylation is 2. The van der Waals surface area contributed by atoms with Gasteiger partial charge < -0.3 is 24.4 Å². The zero-order chi connectivity index (χ0) is 28.5. The van der Waals surface area contributed by atoms with Crippen molar-refractivity contribution >= 4 is 16.9 Å². The minimum atomic E-state index is -0.617. The summed E-state index contributed by atoms with van der Waals surface area (Å²) in [6.07, 6.45) is 0. The van der Waals surface area contributed by atoms with Gasteiger partial charge in [-0.1, -0.05) is 60.2 Å². The second-order valence-corrected chi connectivity index (χ2v) is 9.92. The summed E-state index contributed by atoms with van der Waals surface area (Å²) in [7, 11) is 0. The quantitative estimate of drug-likeness (QED) is 0.181. The van der Waals surface area contributed by atoms with E-state index in [1.165, 1.54) is 0 Å². The van der Waals surface area contributed by atoms with Crippen LogP contribution in [0, 0.1) is 25.2 Å². The number of allylic oxidation sites excluding steroid dienone is 1. The summed E-state index contributed by atoms with van der Waals surface area (Å²) in [5, 5.41) is 10.8. The predicted molar refractivity (Wildman–Crippen MR) is 154 cm³/mol.